The van der Waals surface area contributed by atoms with Gasteiger partial charge in [0, 0.05) is 24.5 Å². The zero-order chi connectivity index (χ0) is 22.7. The lowest BCUT2D eigenvalue weighted by molar-refractivity contribution is -0.143. The number of benzene rings is 1. The van der Waals surface area contributed by atoms with Gasteiger partial charge in [0.2, 0.25) is 0 Å². The number of nitrogens with zero attached hydrogens (tertiary/aromatic N) is 4. The molecule has 170 valence electrons. The molecule has 1 atom stereocenters. The molecule has 1 unspecified atom stereocenters. The number of aromatic nitrogens is 3. The van der Waals surface area contributed by atoms with Gasteiger partial charge in [-0.2, -0.15) is 13.2 Å². The van der Waals surface area contributed by atoms with Crippen molar-refractivity contribution in [2.45, 2.75) is 12.2 Å². The number of ether oxygens (including phenoxy) is 1. The molecule has 12 heteroatoms. The number of nitrogens with one attached hydrogen (secondary N) is 1. The Hall–Kier alpha value is -2.83. The largest absolute Gasteiger partial charge is 0.435 e. The van der Waals surface area contributed by atoms with Crippen LogP contribution in [0, 0.1) is 5.82 Å². The predicted octanol–water partition coefficient (Wildman–Crippen LogP) is 3.29. The zero-order valence-electron chi connectivity index (χ0n) is 16.7. The van der Waals surface area contributed by atoms with Crippen LogP contribution in [0.25, 0.3) is 5.69 Å². The summed E-state index contributed by atoms with van der Waals surface area (Å²) in [5, 5.41) is 11.5. The Morgan fingerprint density at radius 1 is 1.19 bits per heavy atom. The number of rotatable bonds is 6. The molecular weight excluding hydrogens is 450 g/mol. The summed E-state index contributed by atoms with van der Waals surface area (Å²) in [6.07, 6.45) is -4.90. The van der Waals surface area contributed by atoms with Crippen LogP contribution in [0.2, 0.25) is 0 Å². The summed E-state index contributed by atoms with van der Waals surface area (Å²) in [7, 11) is 0. The summed E-state index contributed by atoms with van der Waals surface area (Å²) in [4.78, 5) is 15.8. The number of amides is 1. The smallest absolute Gasteiger partial charge is 0.379 e. The number of morpholine rings is 1. The minimum Gasteiger partial charge on any atom is -0.379 e. The third-order valence-electron chi connectivity index (χ3n) is 5.04. The zero-order valence-corrected chi connectivity index (χ0v) is 17.5. The average Bonchev–Trinajstić information content (AvgIpc) is 3.45. The van der Waals surface area contributed by atoms with Crippen molar-refractivity contribution in [3.05, 3.63) is 63.9 Å². The Labute approximate surface area is 184 Å². The molecule has 1 amide bonds. The van der Waals surface area contributed by atoms with Crippen molar-refractivity contribution >= 4 is 17.2 Å². The maximum atomic E-state index is 13.8. The lowest BCUT2D eigenvalue weighted by Gasteiger charge is -2.34. The molecule has 0 radical (unpaired) electrons. The van der Waals surface area contributed by atoms with Gasteiger partial charge >= 0.3 is 6.18 Å². The van der Waals surface area contributed by atoms with Crippen molar-refractivity contribution < 1.29 is 27.1 Å². The summed E-state index contributed by atoms with van der Waals surface area (Å²) < 4.78 is 60.5. The molecule has 1 saturated heterocycles. The second-order valence-corrected chi connectivity index (χ2v) is 8.04. The molecule has 0 bridgehead atoms. The Morgan fingerprint density at radius 3 is 2.53 bits per heavy atom. The highest BCUT2D eigenvalue weighted by Crippen LogP contribution is 2.33. The number of thiophene rings is 1. The van der Waals surface area contributed by atoms with Crippen LogP contribution < -0.4 is 5.32 Å². The predicted molar refractivity (Wildman–Crippen MR) is 108 cm³/mol. The van der Waals surface area contributed by atoms with Crippen LogP contribution in [0.15, 0.2) is 41.8 Å². The number of alkyl halides is 3. The van der Waals surface area contributed by atoms with E-state index in [9.17, 15) is 22.4 Å². The molecule has 3 aromatic rings. The van der Waals surface area contributed by atoms with E-state index < -0.39 is 29.3 Å². The Morgan fingerprint density at radius 2 is 1.91 bits per heavy atom. The first-order valence-electron chi connectivity index (χ1n) is 9.77. The van der Waals surface area contributed by atoms with E-state index in [-0.39, 0.29) is 18.3 Å². The van der Waals surface area contributed by atoms with E-state index >= 15 is 0 Å². The fourth-order valence-electron chi connectivity index (χ4n) is 3.50. The molecule has 32 heavy (non-hydrogen) atoms. The van der Waals surface area contributed by atoms with Crippen LogP contribution in [0.4, 0.5) is 17.6 Å². The highest BCUT2D eigenvalue weighted by atomic mass is 32.1. The Balaban J connectivity index is 1.58. The molecule has 0 aliphatic carbocycles. The van der Waals surface area contributed by atoms with Crippen LogP contribution in [0.3, 0.4) is 0 Å². The molecule has 0 saturated carbocycles. The van der Waals surface area contributed by atoms with E-state index in [0.717, 1.165) is 29.1 Å². The van der Waals surface area contributed by atoms with Gasteiger partial charge in [-0.05, 0) is 35.7 Å². The lowest BCUT2D eigenvalue weighted by atomic mass is 10.1. The third-order valence-corrected chi connectivity index (χ3v) is 6.01. The van der Waals surface area contributed by atoms with Crippen molar-refractivity contribution in [2.75, 3.05) is 32.8 Å². The van der Waals surface area contributed by atoms with E-state index in [4.69, 9.17) is 4.74 Å². The first kappa shape index (κ1) is 22.4. The lowest BCUT2D eigenvalue weighted by Crippen LogP contribution is -2.43. The normalized spacial score (nSPS) is 16.1. The number of carbonyl (C=O) groups excluding carboxylic acids is 1. The maximum absolute atomic E-state index is 13.8. The quantitative estimate of drug-likeness (QED) is 0.561. The summed E-state index contributed by atoms with van der Waals surface area (Å²) in [6, 6.07) is 7.87. The number of carbonyl (C=O) groups is 1. The molecule has 1 N–H and O–H groups in total. The molecule has 0 spiro atoms. The molecule has 1 fully saturated rings. The van der Waals surface area contributed by atoms with Gasteiger partial charge in [0.25, 0.3) is 5.91 Å². The minimum absolute atomic E-state index is 0.0601. The molecule has 1 aromatic carbocycles. The molecule has 3 heterocycles. The fraction of sp³-hybridized carbons (Fsp3) is 0.350. The van der Waals surface area contributed by atoms with Crippen LogP contribution in [0.1, 0.15) is 27.1 Å². The van der Waals surface area contributed by atoms with Gasteiger partial charge < -0.3 is 10.1 Å². The fourth-order valence-corrected chi connectivity index (χ4v) is 4.37. The molecule has 1 aliphatic rings. The van der Waals surface area contributed by atoms with Gasteiger partial charge in [0.15, 0.2) is 11.4 Å². The highest BCUT2D eigenvalue weighted by molar-refractivity contribution is 7.10. The van der Waals surface area contributed by atoms with Crippen molar-refractivity contribution in [3.8, 4) is 5.69 Å². The van der Waals surface area contributed by atoms with E-state index in [2.05, 4.69) is 20.5 Å². The number of halogens is 4. The minimum atomic E-state index is -4.90. The SMILES string of the molecule is O=C(NCC(c1cccs1)N1CCOCC1)c1nnn(-c2ccc(F)cc2)c1C(F)(F)F. The number of hydrogen-bond donors (Lipinski definition) is 1. The van der Waals surface area contributed by atoms with E-state index in [1.165, 1.54) is 11.3 Å². The molecule has 7 nitrogen and oxygen atoms in total. The molecule has 1 aliphatic heterocycles. The second-order valence-electron chi connectivity index (χ2n) is 7.06. The topological polar surface area (TPSA) is 72.3 Å². The van der Waals surface area contributed by atoms with Gasteiger partial charge in [-0.25, -0.2) is 9.07 Å². The third kappa shape index (κ3) is 4.81. The average molecular weight is 469 g/mol. The second kappa shape index (κ2) is 9.35. The van der Waals surface area contributed by atoms with E-state index in [0.29, 0.717) is 31.0 Å². The van der Waals surface area contributed by atoms with E-state index in [1.54, 1.807) is 0 Å². The van der Waals surface area contributed by atoms with E-state index in [1.807, 2.05) is 17.5 Å². The van der Waals surface area contributed by atoms with Crippen molar-refractivity contribution in [3.63, 3.8) is 0 Å². The van der Waals surface area contributed by atoms with Gasteiger partial charge in [-0.1, -0.05) is 11.3 Å². The van der Waals surface area contributed by atoms with Crippen molar-refractivity contribution in [1.29, 1.82) is 0 Å². The van der Waals surface area contributed by atoms with Gasteiger partial charge in [-0.3, -0.25) is 9.69 Å². The van der Waals surface area contributed by atoms with Crippen LogP contribution in [-0.4, -0.2) is 58.6 Å². The molecular formula is C20H19F4N5O2S. The monoisotopic (exact) mass is 469 g/mol. The van der Waals surface area contributed by atoms with Gasteiger partial charge in [0.1, 0.15) is 5.82 Å². The summed E-state index contributed by atoms with van der Waals surface area (Å²) in [6.45, 7) is 2.47. The standard InChI is InChI=1S/C20H19F4N5O2S/c21-13-3-5-14(6-4-13)29-18(20(22,23)24)17(26-27-29)19(30)25-12-15(16-2-1-11-32-16)28-7-9-31-10-8-28/h1-6,11,15H,7-10,12H2,(H,25,30). The Kier molecular flexibility index (Phi) is 6.53. The highest BCUT2D eigenvalue weighted by Gasteiger charge is 2.42. The van der Waals surface area contributed by atoms with Gasteiger partial charge in [0.05, 0.1) is 24.9 Å². The first-order valence-corrected chi connectivity index (χ1v) is 10.6. The van der Waals surface area contributed by atoms with Gasteiger partial charge in [-0.15, -0.1) is 16.4 Å². The first-order chi connectivity index (χ1) is 15.3. The summed E-state index contributed by atoms with van der Waals surface area (Å²) >= 11 is 1.51. The molecule has 4 rings (SSSR count). The van der Waals surface area contributed by atoms with Crippen molar-refractivity contribution in [2.24, 2.45) is 0 Å². The Bertz CT molecular complexity index is 1050. The molecule has 2 aromatic heterocycles. The van der Waals surface area contributed by atoms with Crippen molar-refractivity contribution in [1.82, 2.24) is 25.2 Å². The number of hydrogen-bond acceptors (Lipinski definition) is 6. The maximum Gasteiger partial charge on any atom is 0.435 e. The summed E-state index contributed by atoms with van der Waals surface area (Å²) in [5.41, 5.74) is -2.22. The summed E-state index contributed by atoms with van der Waals surface area (Å²) in [5.74, 6) is -1.59. The van der Waals surface area contributed by atoms with Crippen LogP contribution >= 0.6 is 11.3 Å². The van der Waals surface area contributed by atoms with Crippen LogP contribution in [-0.2, 0) is 10.9 Å². The van der Waals surface area contributed by atoms with Crippen LogP contribution in [0.5, 0.6) is 0 Å².